The van der Waals surface area contributed by atoms with Crippen LogP contribution in [-0.4, -0.2) is 69.6 Å². The lowest BCUT2D eigenvalue weighted by Gasteiger charge is -2.33. The Balaban J connectivity index is 1.62. The highest BCUT2D eigenvalue weighted by molar-refractivity contribution is 5.78. The smallest absolute Gasteiger partial charge is 0.236 e. The number of amides is 1. The number of carbonyl (C=O) groups is 1. The van der Waals surface area contributed by atoms with Gasteiger partial charge in [-0.1, -0.05) is 0 Å². The van der Waals surface area contributed by atoms with E-state index in [1.54, 1.807) is 34.7 Å². The first kappa shape index (κ1) is 22.4. The minimum absolute atomic E-state index is 0.0180. The molecule has 0 bridgehead atoms. The van der Waals surface area contributed by atoms with Crippen LogP contribution in [0.2, 0.25) is 0 Å². The lowest BCUT2D eigenvalue weighted by molar-refractivity contribution is -0.131. The number of anilines is 2. The number of aromatic nitrogens is 4. The molecule has 0 unspecified atom stereocenters. The number of likely N-dealkylation sites (tertiary alicyclic amines) is 1. The normalized spacial score (nSPS) is 15.9. The summed E-state index contributed by atoms with van der Waals surface area (Å²) < 4.78 is 20.6. The van der Waals surface area contributed by atoms with Gasteiger partial charge in [0.05, 0.1) is 18.9 Å². The number of piperidine rings is 1. The highest BCUT2D eigenvalue weighted by Gasteiger charge is 2.24. The minimum atomic E-state index is -0.390. The number of nitrogens with one attached hydrogen (secondary N) is 2. The van der Waals surface area contributed by atoms with E-state index in [0.717, 1.165) is 12.8 Å². The second-order valence-corrected chi connectivity index (χ2v) is 7.76. The molecule has 3 aromatic rings. The van der Waals surface area contributed by atoms with Gasteiger partial charge in [0, 0.05) is 45.0 Å². The van der Waals surface area contributed by atoms with Crippen molar-refractivity contribution in [3.63, 3.8) is 0 Å². The van der Waals surface area contributed by atoms with Gasteiger partial charge in [-0.25, -0.2) is 19.3 Å². The molecule has 1 amide bonds. The lowest BCUT2D eigenvalue weighted by Crippen LogP contribution is -2.45. The summed E-state index contributed by atoms with van der Waals surface area (Å²) in [6.07, 6.45) is 4.53. The van der Waals surface area contributed by atoms with Crippen LogP contribution in [0.15, 0.2) is 30.6 Å². The average molecular weight is 452 g/mol. The van der Waals surface area contributed by atoms with Gasteiger partial charge >= 0.3 is 0 Å². The average Bonchev–Trinajstić information content (AvgIpc) is 3.22. The fourth-order valence-corrected chi connectivity index (χ4v) is 3.84. The van der Waals surface area contributed by atoms with E-state index >= 15 is 0 Å². The molecule has 0 saturated carbocycles. The van der Waals surface area contributed by atoms with E-state index in [4.69, 9.17) is 10.00 Å². The number of imidazole rings is 1. The van der Waals surface area contributed by atoms with Crippen molar-refractivity contribution in [3.05, 3.63) is 36.4 Å². The van der Waals surface area contributed by atoms with Gasteiger partial charge in [0.2, 0.25) is 5.91 Å². The Bertz CT molecular complexity index is 1170. The molecule has 4 heterocycles. The van der Waals surface area contributed by atoms with Crippen molar-refractivity contribution in [1.29, 1.82) is 5.26 Å². The molecule has 0 aliphatic carbocycles. The predicted molar refractivity (Wildman–Crippen MR) is 120 cm³/mol. The predicted octanol–water partition coefficient (Wildman–Crippen LogP) is 2.31. The molecule has 1 atom stereocenters. The van der Waals surface area contributed by atoms with Crippen molar-refractivity contribution in [1.82, 2.24) is 24.3 Å². The molecular formula is C22H25FN8O2. The summed E-state index contributed by atoms with van der Waals surface area (Å²) in [6.45, 7) is 2.19. The molecule has 1 saturated heterocycles. The summed E-state index contributed by atoms with van der Waals surface area (Å²) in [6, 6.07) is 6.63. The number of rotatable bonds is 8. The number of fused-ring (bicyclic) bond motifs is 1. The zero-order chi connectivity index (χ0) is 23.2. The number of carbonyl (C=O) groups excluding carboxylic acids is 1. The highest BCUT2D eigenvalue weighted by Crippen LogP contribution is 2.24. The Kier molecular flexibility index (Phi) is 6.95. The molecule has 0 spiro atoms. The first-order valence-electron chi connectivity index (χ1n) is 10.7. The Morgan fingerprint density at radius 1 is 1.36 bits per heavy atom. The van der Waals surface area contributed by atoms with Gasteiger partial charge in [-0.2, -0.15) is 5.26 Å². The van der Waals surface area contributed by atoms with Crippen LogP contribution in [0.25, 0.3) is 17.2 Å². The summed E-state index contributed by atoms with van der Waals surface area (Å²) in [5, 5.41) is 15.4. The number of hydrogen-bond donors (Lipinski definition) is 2. The van der Waals surface area contributed by atoms with Crippen LogP contribution in [-0.2, 0) is 9.53 Å². The molecular weight excluding hydrogens is 427 g/mol. The molecule has 2 N–H and O–H groups in total. The molecule has 3 aromatic heterocycles. The topological polar surface area (TPSA) is 120 Å². The van der Waals surface area contributed by atoms with Crippen molar-refractivity contribution < 1.29 is 13.9 Å². The molecule has 33 heavy (non-hydrogen) atoms. The molecule has 1 aliphatic rings. The first-order valence-corrected chi connectivity index (χ1v) is 10.7. The van der Waals surface area contributed by atoms with Crippen molar-refractivity contribution >= 4 is 23.2 Å². The number of halogens is 1. The number of methoxy groups -OCH3 is 1. The van der Waals surface area contributed by atoms with E-state index in [0.29, 0.717) is 55.0 Å². The third-order valence-electron chi connectivity index (χ3n) is 5.39. The van der Waals surface area contributed by atoms with Crippen LogP contribution in [0.3, 0.4) is 0 Å². The Morgan fingerprint density at radius 3 is 3.03 bits per heavy atom. The number of pyridine rings is 1. The summed E-state index contributed by atoms with van der Waals surface area (Å²) in [7, 11) is 1.62. The molecule has 0 aromatic carbocycles. The van der Waals surface area contributed by atoms with Crippen LogP contribution < -0.4 is 10.6 Å². The van der Waals surface area contributed by atoms with E-state index < -0.39 is 0 Å². The maximum absolute atomic E-state index is 13.9. The molecule has 10 nitrogen and oxygen atoms in total. The second-order valence-electron chi connectivity index (χ2n) is 7.76. The second kappa shape index (κ2) is 10.2. The van der Waals surface area contributed by atoms with Crippen molar-refractivity contribution in [2.45, 2.75) is 25.3 Å². The third kappa shape index (κ3) is 5.35. The fraction of sp³-hybridized carbons (Fsp3) is 0.409. The number of hydrogen-bond acceptors (Lipinski definition) is 8. The number of ether oxygens (including phenoxy) is 1. The monoisotopic (exact) mass is 452 g/mol. The quantitative estimate of drug-likeness (QED) is 0.500. The van der Waals surface area contributed by atoms with Crippen molar-refractivity contribution in [3.8, 4) is 17.6 Å². The summed E-state index contributed by atoms with van der Waals surface area (Å²) in [5.74, 6) is 0.983. The van der Waals surface area contributed by atoms with E-state index in [1.165, 1.54) is 12.3 Å². The summed E-state index contributed by atoms with van der Waals surface area (Å²) in [4.78, 5) is 27.4. The minimum Gasteiger partial charge on any atom is -0.383 e. The van der Waals surface area contributed by atoms with Gasteiger partial charge < -0.3 is 20.3 Å². The van der Waals surface area contributed by atoms with E-state index in [9.17, 15) is 9.18 Å². The van der Waals surface area contributed by atoms with Gasteiger partial charge in [-0.05, 0) is 25.0 Å². The maximum atomic E-state index is 13.9. The highest BCUT2D eigenvalue weighted by atomic mass is 19.1. The van der Waals surface area contributed by atoms with Gasteiger partial charge in [-0.15, -0.1) is 0 Å². The van der Waals surface area contributed by atoms with Gasteiger partial charge in [0.1, 0.15) is 35.2 Å². The van der Waals surface area contributed by atoms with Crippen LogP contribution >= 0.6 is 0 Å². The Morgan fingerprint density at radius 2 is 2.21 bits per heavy atom. The van der Waals surface area contributed by atoms with Crippen LogP contribution in [0, 0.1) is 17.1 Å². The number of nitrogens with zero attached hydrogens (tertiary/aromatic N) is 6. The van der Waals surface area contributed by atoms with Crippen LogP contribution in [0.1, 0.15) is 19.3 Å². The van der Waals surface area contributed by atoms with Crippen molar-refractivity contribution in [2.24, 2.45) is 0 Å². The van der Waals surface area contributed by atoms with Gasteiger partial charge in [0.25, 0.3) is 0 Å². The summed E-state index contributed by atoms with van der Waals surface area (Å²) >= 11 is 0. The lowest BCUT2D eigenvalue weighted by atomic mass is 10.1. The van der Waals surface area contributed by atoms with Gasteiger partial charge in [0.15, 0.2) is 5.82 Å². The zero-order valence-electron chi connectivity index (χ0n) is 18.3. The zero-order valence-corrected chi connectivity index (χ0v) is 18.3. The van der Waals surface area contributed by atoms with Crippen LogP contribution in [0.4, 0.5) is 16.0 Å². The first-order chi connectivity index (χ1) is 16.1. The molecule has 172 valence electrons. The SMILES string of the molecule is COCCNc1cc(N[C@@H]2CCCN(C(=O)CC#N)C2)nc(-c2cnc3ccc(F)cn23)n1. The summed E-state index contributed by atoms with van der Waals surface area (Å²) in [5.41, 5.74) is 1.14. The van der Waals surface area contributed by atoms with E-state index in [2.05, 4.69) is 25.6 Å². The van der Waals surface area contributed by atoms with E-state index in [-0.39, 0.29) is 24.2 Å². The Labute approximate surface area is 190 Å². The molecule has 1 aliphatic heterocycles. The van der Waals surface area contributed by atoms with Gasteiger partial charge in [-0.3, -0.25) is 9.20 Å². The van der Waals surface area contributed by atoms with Crippen LogP contribution in [0.5, 0.6) is 0 Å². The largest absolute Gasteiger partial charge is 0.383 e. The third-order valence-corrected chi connectivity index (χ3v) is 5.39. The number of nitriles is 1. The van der Waals surface area contributed by atoms with Crippen molar-refractivity contribution in [2.75, 3.05) is 44.0 Å². The van der Waals surface area contributed by atoms with E-state index in [1.807, 2.05) is 6.07 Å². The maximum Gasteiger partial charge on any atom is 0.236 e. The fourth-order valence-electron chi connectivity index (χ4n) is 3.84. The molecule has 11 heteroatoms. The standard InChI is InChI=1S/C22H25FN8O2/c1-33-10-8-25-18-11-19(27-16-3-2-9-30(14-16)21(32)6-7-24)29-22(28-18)17-12-26-20-5-4-15(23)13-31(17)20/h4-5,11-13,16H,2-3,6,8-10,14H2,1H3,(H2,25,27,28,29)/t16-/m1/s1. The molecule has 4 rings (SSSR count). The molecule has 0 radical (unpaired) electrons. The Hall–Kier alpha value is -3.78. The molecule has 1 fully saturated rings.